The van der Waals surface area contributed by atoms with Crippen molar-refractivity contribution in [2.45, 2.75) is 45.1 Å². The zero-order chi connectivity index (χ0) is 11.6. The van der Waals surface area contributed by atoms with E-state index in [0.717, 1.165) is 6.42 Å². The van der Waals surface area contributed by atoms with Crippen molar-refractivity contribution in [3.63, 3.8) is 0 Å². The van der Waals surface area contributed by atoms with Crippen LogP contribution in [0, 0.1) is 11.8 Å². The van der Waals surface area contributed by atoms with Crippen molar-refractivity contribution < 1.29 is 0 Å². The summed E-state index contributed by atoms with van der Waals surface area (Å²) in [4.78, 5) is 1.50. The van der Waals surface area contributed by atoms with Gasteiger partial charge < -0.3 is 5.32 Å². The monoisotopic (exact) mass is 235 g/mol. The topological polar surface area (TPSA) is 12.0 Å². The lowest BCUT2D eigenvalue weighted by molar-refractivity contribution is 0.481. The highest BCUT2D eigenvalue weighted by atomic mass is 32.1. The molecule has 0 spiro atoms. The first kappa shape index (κ1) is 13.3. The van der Waals surface area contributed by atoms with Crippen LogP contribution in [-0.2, 0) is 6.42 Å². The zero-order valence-electron chi connectivity index (χ0n) is 10.3. The minimum atomic E-state index is 0.626. The molecule has 1 atom stereocenters. The van der Waals surface area contributed by atoms with Gasteiger partial charge in [-0.3, -0.25) is 0 Å². The molecular formula is C14H21NS. The largest absolute Gasteiger partial charge is 0.317 e. The fourth-order valence-corrected chi connectivity index (χ4v) is 2.53. The Morgan fingerprint density at radius 1 is 1.44 bits per heavy atom. The Balaban J connectivity index is 2.15. The average Bonchev–Trinajstić information content (AvgIpc) is 2.80. The minimum Gasteiger partial charge on any atom is -0.317 e. The van der Waals surface area contributed by atoms with Crippen molar-refractivity contribution >= 4 is 11.3 Å². The fourth-order valence-electron chi connectivity index (χ4n) is 1.78. The Morgan fingerprint density at radius 2 is 2.31 bits per heavy atom. The third-order valence-electron chi connectivity index (χ3n) is 2.76. The summed E-state index contributed by atoms with van der Waals surface area (Å²) in [7, 11) is 2.05. The predicted molar refractivity (Wildman–Crippen MR) is 72.8 cm³/mol. The molecule has 0 saturated carbocycles. The van der Waals surface area contributed by atoms with E-state index in [0.29, 0.717) is 6.04 Å². The summed E-state index contributed by atoms with van der Waals surface area (Å²) >= 11 is 1.86. The molecule has 0 aliphatic heterocycles. The first-order valence-corrected chi connectivity index (χ1v) is 6.84. The summed E-state index contributed by atoms with van der Waals surface area (Å²) in [6, 6.07) is 4.98. The van der Waals surface area contributed by atoms with Gasteiger partial charge in [-0.05, 0) is 51.1 Å². The summed E-state index contributed by atoms with van der Waals surface area (Å²) in [5.74, 6) is 6.08. The highest BCUT2D eigenvalue weighted by Gasteiger charge is 2.04. The number of aryl methyl sites for hydroxylation is 1. The Bertz CT molecular complexity index is 318. The number of rotatable bonds is 7. The van der Waals surface area contributed by atoms with E-state index in [1.807, 2.05) is 18.3 Å². The molecule has 0 radical (unpaired) electrons. The molecule has 0 aromatic carbocycles. The van der Waals surface area contributed by atoms with E-state index in [4.69, 9.17) is 0 Å². The molecule has 1 unspecified atom stereocenters. The molecule has 1 N–H and O–H groups in total. The smallest absolute Gasteiger partial charge is 0.0103 e. The molecule has 0 amide bonds. The molecule has 0 bridgehead atoms. The average molecular weight is 235 g/mol. The molecule has 1 nitrogen and oxygen atoms in total. The van der Waals surface area contributed by atoms with E-state index < -0.39 is 0 Å². The van der Waals surface area contributed by atoms with Crippen LogP contribution >= 0.6 is 11.3 Å². The molecular weight excluding hydrogens is 214 g/mol. The van der Waals surface area contributed by atoms with Crippen LogP contribution < -0.4 is 5.32 Å². The van der Waals surface area contributed by atoms with Gasteiger partial charge in [0.25, 0.3) is 0 Å². The fraction of sp³-hybridized carbons (Fsp3) is 0.571. The third kappa shape index (κ3) is 5.34. The van der Waals surface area contributed by atoms with Crippen molar-refractivity contribution in [2.24, 2.45) is 0 Å². The number of nitrogens with one attached hydrogen (secondary N) is 1. The van der Waals surface area contributed by atoms with Crippen LogP contribution in [0.15, 0.2) is 17.5 Å². The highest BCUT2D eigenvalue weighted by Crippen LogP contribution is 2.13. The highest BCUT2D eigenvalue weighted by molar-refractivity contribution is 7.09. The van der Waals surface area contributed by atoms with Crippen molar-refractivity contribution in [3.8, 4) is 11.8 Å². The molecule has 16 heavy (non-hydrogen) atoms. The summed E-state index contributed by atoms with van der Waals surface area (Å²) in [5.41, 5.74) is 0. The molecule has 0 fully saturated rings. The zero-order valence-corrected chi connectivity index (χ0v) is 11.1. The van der Waals surface area contributed by atoms with E-state index in [-0.39, 0.29) is 0 Å². The summed E-state index contributed by atoms with van der Waals surface area (Å²) in [6.07, 6.45) is 5.92. The van der Waals surface area contributed by atoms with Crippen LogP contribution in [0.2, 0.25) is 0 Å². The predicted octanol–water partition coefficient (Wildman–Crippen LogP) is 3.46. The molecule has 1 rings (SSSR count). The van der Waals surface area contributed by atoms with Crippen LogP contribution in [0.1, 0.15) is 37.5 Å². The van der Waals surface area contributed by atoms with Crippen LogP contribution in [0.25, 0.3) is 0 Å². The third-order valence-corrected chi connectivity index (χ3v) is 3.69. The quantitative estimate of drug-likeness (QED) is 0.714. The van der Waals surface area contributed by atoms with Crippen molar-refractivity contribution in [1.82, 2.24) is 5.32 Å². The van der Waals surface area contributed by atoms with Crippen LogP contribution in [0.4, 0.5) is 0 Å². The van der Waals surface area contributed by atoms with Crippen LogP contribution in [0.3, 0.4) is 0 Å². The normalized spacial score (nSPS) is 11.9. The summed E-state index contributed by atoms with van der Waals surface area (Å²) in [5, 5.41) is 5.53. The SMILES string of the molecule is CC#CCCC(CCCc1cccs1)NC. The summed E-state index contributed by atoms with van der Waals surface area (Å²) in [6.45, 7) is 1.91. The number of thiophene rings is 1. The van der Waals surface area contributed by atoms with Gasteiger partial charge in [0.1, 0.15) is 0 Å². The van der Waals surface area contributed by atoms with Gasteiger partial charge in [-0.15, -0.1) is 23.2 Å². The Hall–Kier alpha value is -0.780. The van der Waals surface area contributed by atoms with Gasteiger partial charge in [-0.25, -0.2) is 0 Å². The van der Waals surface area contributed by atoms with Crippen LogP contribution in [-0.4, -0.2) is 13.1 Å². The number of hydrogen-bond acceptors (Lipinski definition) is 2. The molecule has 1 heterocycles. The van der Waals surface area contributed by atoms with Gasteiger partial charge in [0, 0.05) is 17.3 Å². The Labute approximate surface area is 103 Å². The second-order valence-electron chi connectivity index (χ2n) is 3.92. The molecule has 0 aliphatic carbocycles. The second kappa shape index (κ2) is 8.38. The van der Waals surface area contributed by atoms with Gasteiger partial charge in [0.2, 0.25) is 0 Å². The minimum absolute atomic E-state index is 0.626. The van der Waals surface area contributed by atoms with E-state index in [1.165, 1.54) is 30.6 Å². The van der Waals surface area contributed by atoms with E-state index in [1.54, 1.807) is 0 Å². The molecule has 1 aromatic heterocycles. The first-order valence-electron chi connectivity index (χ1n) is 5.96. The van der Waals surface area contributed by atoms with Gasteiger partial charge in [-0.2, -0.15) is 0 Å². The maximum Gasteiger partial charge on any atom is 0.0103 e. The van der Waals surface area contributed by atoms with E-state index in [2.05, 4.69) is 41.7 Å². The lowest BCUT2D eigenvalue weighted by Crippen LogP contribution is -2.24. The molecule has 88 valence electrons. The van der Waals surface area contributed by atoms with E-state index >= 15 is 0 Å². The maximum atomic E-state index is 3.38. The maximum absolute atomic E-state index is 3.38. The molecule has 1 aromatic rings. The van der Waals surface area contributed by atoms with Crippen molar-refractivity contribution in [1.29, 1.82) is 0 Å². The van der Waals surface area contributed by atoms with Gasteiger partial charge in [0.15, 0.2) is 0 Å². The van der Waals surface area contributed by atoms with Crippen LogP contribution in [0.5, 0.6) is 0 Å². The molecule has 0 saturated heterocycles. The van der Waals surface area contributed by atoms with Gasteiger partial charge >= 0.3 is 0 Å². The molecule has 0 aliphatic rings. The lowest BCUT2D eigenvalue weighted by Gasteiger charge is -2.14. The Morgan fingerprint density at radius 3 is 2.94 bits per heavy atom. The second-order valence-corrected chi connectivity index (χ2v) is 4.95. The summed E-state index contributed by atoms with van der Waals surface area (Å²) < 4.78 is 0. The first-order chi connectivity index (χ1) is 7.86. The van der Waals surface area contributed by atoms with Gasteiger partial charge in [0.05, 0.1) is 0 Å². The standard InChI is InChI=1S/C14H21NS/c1-3-4-5-8-13(15-2)9-6-10-14-11-7-12-16-14/h7,11-13,15H,5-6,8-10H2,1-2H3. The van der Waals surface area contributed by atoms with E-state index in [9.17, 15) is 0 Å². The van der Waals surface area contributed by atoms with Crippen molar-refractivity contribution in [3.05, 3.63) is 22.4 Å². The van der Waals surface area contributed by atoms with Gasteiger partial charge in [-0.1, -0.05) is 6.07 Å². The molecule has 2 heteroatoms. The Kier molecular flexibility index (Phi) is 6.96. The van der Waals surface area contributed by atoms with Crippen molar-refractivity contribution in [2.75, 3.05) is 7.05 Å². The number of hydrogen-bond donors (Lipinski definition) is 1. The lowest BCUT2D eigenvalue weighted by atomic mass is 10.0.